The average Bonchev–Trinajstić information content (AvgIpc) is 3.06. The Bertz CT molecular complexity index is 1430. The zero-order valence-corrected chi connectivity index (χ0v) is 27.4. The van der Waals surface area contributed by atoms with Crippen LogP contribution in [0, 0.1) is 5.92 Å². The Hall–Kier alpha value is -4.21. The van der Waals surface area contributed by atoms with Crippen molar-refractivity contribution >= 4 is 23.4 Å². The maximum atomic E-state index is 14.3. The molecule has 1 aliphatic rings. The minimum absolute atomic E-state index is 0.0111. The molecule has 4 rings (SSSR count). The molecule has 0 saturated heterocycles. The number of hydrogen-bond acceptors (Lipinski definition) is 6. The number of nitrogens with zero attached hydrogens (tertiary/aromatic N) is 2. The zero-order chi connectivity index (χ0) is 33.1. The number of fused-ring (bicyclic) bond motifs is 1. The van der Waals surface area contributed by atoms with Gasteiger partial charge in [-0.1, -0.05) is 55.5 Å². The van der Waals surface area contributed by atoms with E-state index in [0.29, 0.717) is 42.1 Å². The Morgan fingerprint density at radius 3 is 2.41 bits per heavy atom. The van der Waals surface area contributed by atoms with Gasteiger partial charge in [0.15, 0.2) is 0 Å². The molecule has 2 N–H and O–H groups in total. The van der Waals surface area contributed by atoms with Crippen molar-refractivity contribution < 1.29 is 29.0 Å². The van der Waals surface area contributed by atoms with Gasteiger partial charge in [-0.2, -0.15) is 0 Å². The van der Waals surface area contributed by atoms with Gasteiger partial charge in [0.05, 0.1) is 36.8 Å². The molecule has 0 saturated carbocycles. The monoisotopic (exact) mass is 629 g/mol. The van der Waals surface area contributed by atoms with Gasteiger partial charge in [-0.3, -0.25) is 14.4 Å². The van der Waals surface area contributed by atoms with Gasteiger partial charge in [-0.25, -0.2) is 0 Å². The van der Waals surface area contributed by atoms with E-state index in [0.717, 1.165) is 24.8 Å². The van der Waals surface area contributed by atoms with Crippen LogP contribution >= 0.6 is 0 Å². The number of nitrogens with one attached hydrogen (secondary N) is 1. The predicted octanol–water partition coefficient (Wildman–Crippen LogP) is 5.44. The molecule has 46 heavy (non-hydrogen) atoms. The number of benzene rings is 3. The van der Waals surface area contributed by atoms with E-state index in [1.54, 1.807) is 66.2 Å². The number of rotatable bonds is 8. The van der Waals surface area contributed by atoms with Crippen LogP contribution in [0.3, 0.4) is 0 Å². The van der Waals surface area contributed by atoms with Crippen LogP contribution in [0.2, 0.25) is 0 Å². The number of likely N-dealkylation sites (N-methyl/N-ethyl adjacent to an activating group) is 1. The van der Waals surface area contributed by atoms with Gasteiger partial charge >= 0.3 is 0 Å². The number of carbonyl (C=O) groups excluding carboxylic acids is 3. The summed E-state index contributed by atoms with van der Waals surface area (Å²) in [4.78, 5) is 43.7. The summed E-state index contributed by atoms with van der Waals surface area (Å²) in [5.74, 6) is -0.367. The normalized spacial score (nSPS) is 20.1. The molecule has 3 amide bonds. The van der Waals surface area contributed by atoms with Gasteiger partial charge in [0.1, 0.15) is 5.75 Å². The third-order valence-electron chi connectivity index (χ3n) is 8.42. The van der Waals surface area contributed by atoms with Gasteiger partial charge in [-0.05, 0) is 69.0 Å². The summed E-state index contributed by atoms with van der Waals surface area (Å²) in [6.07, 6.45) is 2.25. The van der Waals surface area contributed by atoms with E-state index in [1.165, 1.54) is 0 Å². The number of ether oxygens (including phenoxy) is 2. The largest absolute Gasteiger partial charge is 0.490 e. The van der Waals surface area contributed by atoms with Gasteiger partial charge in [0, 0.05) is 43.9 Å². The van der Waals surface area contributed by atoms with E-state index < -0.39 is 6.04 Å². The Morgan fingerprint density at radius 2 is 1.72 bits per heavy atom. The molecule has 9 heteroatoms. The van der Waals surface area contributed by atoms with E-state index in [4.69, 9.17) is 9.47 Å². The summed E-state index contributed by atoms with van der Waals surface area (Å²) in [6, 6.07) is 23.1. The number of anilines is 1. The van der Waals surface area contributed by atoms with E-state index in [9.17, 15) is 19.5 Å². The molecule has 0 aromatic heterocycles. The second-order valence-electron chi connectivity index (χ2n) is 12.3. The minimum atomic E-state index is -0.506. The van der Waals surface area contributed by atoms with Crippen LogP contribution in [0.5, 0.6) is 5.75 Å². The second-order valence-corrected chi connectivity index (χ2v) is 12.3. The van der Waals surface area contributed by atoms with Crippen LogP contribution in [-0.4, -0.2) is 84.2 Å². The van der Waals surface area contributed by atoms with Gasteiger partial charge in [0.25, 0.3) is 11.8 Å². The highest BCUT2D eigenvalue weighted by atomic mass is 16.5. The molecule has 0 bridgehead atoms. The maximum absolute atomic E-state index is 14.3. The fraction of sp³-hybridized carbons (Fsp3) is 0.432. The number of hydrogen-bond donors (Lipinski definition) is 2. The molecule has 0 spiro atoms. The lowest BCUT2D eigenvalue weighted by molar-refractivity contribution is -0.131. The highest BCUT2D eigenvalue weighted by molar-refractivity contribution is 6.05. The first-order valence-corrected chi connectivity index (χ1v) is 16.1. The van der Waals surface area contributed by atoms with Crippen LogP contribution in [0.15, 0.2) is 78.9 Å². The van der Waals surface area contributed by atoms with Crippen LogP contribution in [-0.2, 0) is 16.0 Å². The summed E-state index contributed by atoms with van der Waals surface area (Å²) in [5, 5.41) is 13.1. The molecule has 0 unspecified atom stereocenters. The zero-order valence-electron chi connectivity index (χ0n) is 27.4. The molecule has 246 valence electrons. The molecular weight excluding hydrogens is 582 g/mol. The summed E-state index contributed by atoms with van der Waals surface area (Å²) in [6.45, 7) is 6.70. The number of aliphatic hydroxyl groups excluding tert-OH is 1. The quantitative estimate of drug-likeness (QED) is 0.344. The van der Waals surface area contributed by atoms with E-state index in [2.05, 4.69) is 5.32 Å². The van der Waals surface area contributed by atoms with Crippen LogP contribution < -0.4 is 10.1 Å². The molecule has 1 heterocycles. The molecule has 4 atom stereocenters. The lowest BCUT2D eigenvalue weighted by Gasteiger charge is -2.36. The highest BCUT2D eigenvalue weighted by Gasteiger charge is 2.31. The van der Waals surface area contributed by atoms with Crippen molar-refractivity contribution in [2.24, 2.45) is 5.92 Å². The molecule has 0 aliphatic carbocycles. The van der Waals surface area contributed by atoms with Crippen molar-refractivity contribution in [3.63, 3.8) is 0 Å². The van der Waals surface area contributed by atoms with Crippen molar-refractivity contribution in [2.45, 2.75) is 64.7 Å². The van der Waals surface area contributed by atoms with E-state index in [-0.39, 0.29) is 49.0 Å². The van der Waals surface area contributed by atoms with Crippen molar-refractivity contribution in [1.82, 2.24) is 9.80 Å². The topological polar surface area (TPSA) is 108 Å². The third-order valence-corrected chi connectivity index (χ3v) is 8.42. The number of carbonyl (C=O) groups is 3. The standard InChI is InChI=1S/C37H47N3O6/c1-26-23-40(27(2)25-41)37(44)32-22-31(38-36(43)30-16-9-6-10-17-30)18-19-33(32)46-28(3)13-11-12-20-45-34(26)24-39(4)35(42)21-29-14-7-5-8-15-29/h5-10,14-19,22,26-28,34,41H,11-13,20-21,23-25H2,1-4H3,(H,38,43)/t26-,27+,28-,34-/m0/s1. The fourth-order valence-electron chi connectivity index (χ4n) is 5.53. The first-order valence-electron chi connectivity index (χ1n) is 16.1. The predicted molar refractivity (Wildman–Crippen MR) is 179 cm³/mol. The van der Waals surface area contributed by atoms with Gasteiger partial charge in [-0.15, -0.1) is 0 Å². The smallest absolute Gasteiger partial charge is 0.258 e. The Kier molecular flexibility index (Phi) is 12.7. The molecule has 0 radical (unpaired) electrons. The molecule has 3 aromatic rings. The minimum Gasteiger partial charge on any atom is -0.490 e. The van der Waals surface area contributed by atoms with E-state index in [1.807, 2.05) is 50.2 Å². The molecule has 0 fully saturated rings. The summed E-state index contributed by atoms with van der Waals surface area (Å²) in [5.41, 5.74) is 2.21. The fourth-order valence-corrected chi connectivity index (χ4v) is 5.53. The summed E-state index contributed by atoms with van der Waals surface area (Å²) < 4.78 is 12.7. The van der Waals surface area contributed by atoms with Crippen LogP contribution in [0.25, 0.3) is 0 Å². The second kappa shape index (κ2) is 16.9. The van der Waals surface area contributed by atoms with Gasteiger partial charge in [0.2, 0.25) is 5.91 Å². The molecule has 9 nitrogen and oxygen atoms in total. The van der Waals surface area contributed by atoms with Crippen molar-refractivity contribution in [1.29, 1.82) is 0 Å². The maximum Gasteiger partial charge on any atom is 0.258 e. The SMILES string of the molecule is C[C@H](CO)N1C[C@H](C)[C@H](CN(C)C(=O)Cc2ccccc2)OCCCC[C@H](C)Oc2ccc(NC(=O)c3ccccc3)cc2C1=O. The van der Waals surface area contributed by atoms with Gasteiger partial charge < -0.3 is 29.7 Å². The average molecular weight is 630 g/mol. The summed E-state index contributed by atoms with van der Waals surface area (Å²) >= 11 is 0. The molecule has 1 aliphatic heterocycles. The number of amides is 3. The summed E-state index contributed by atoms with van der Waals surface area (Å²) in [7, 11) is 1.78. The van der Waals surface area contributed by atoms with Crippen LogP contribution in [0.4, 0.5) is 5.69 Å². The lowest BCUT2D eigenvalue weighted by Crippen LogP contribution is -2.48. The Balaban J connectivity index is 1.60. The number of aliphatic hydroxyl groups is 1. The first-order chi connectivity index (χ1) is 22.2. The Morgan fingerprint density at radius 1 is 1.02 bits per heavy atom. The Labute approximate surface area is 272 Å². The highest BCUT2D eigenvalue weighted by Crippen LogP contribution is 2.29. The van der Waals surface area contributed by atoms with Crippen LogP contribution in [0.1, 0.15) is 66.3 Å². The molecule has 3 aromatic carbocycles. The van der Waals surface area contributed by atoms with Crippen molar-refractivity contribution in [3.05, 3.63) is 95.6 Å². The van der Waals surface area contributed by atoms with E-state index >= 15 is 0 Å². The van der Waals surface area contributed by atoms with Crippen molar-refractivity contribution in [2.75, 3.05) is 38.7 Å². The first kappa shape index (κ1) is 34.7. The lowest BCUT2D eigenvalue weighted by atomic mass is 10.0. The molecular formula is C37H47N3O6. The van der Waals surface area contributed by atoms with Crippen molar-refractivity contribution in [3.8, 4) is 5.75 Å². The third kappa shape index (κ3) is 9.64.